The van der Waals surface area contributed by atoms with Crippen LogP contribution in [0.25, 0.3) is 0 Å². The Morgan fingerprint density at radius 1 is 1.17 bits per heavy atom. The molecule has 2 aromatic rings. The lowest BCUT2D eigenvalue weighted by Gasteiger charge is -2.32. The molecule has 3 amide bonds. The lowest BCUT2D eigenvalue weighted by molar-refractivity contribution is 0.0766. The van der Waals surface area contributed by atoms with Gasteiger partial charge in [-0.2, -0.15) is 5.10 Å². The molecule has 0 bridgehead atoms. The van der Waals surface area contributed by atoms with Gasteiger partial charge in [0.2, 0.25) is 0 Å². The van der Waals surface area contributed by atoms with Crippen molar-refractivity contribution < 1.29 is 9.59 Å². The zero-order chi connectivity index (χ0) is 20.7. The highest BCUT2D eigenvalue weighted by molar-refractivity contribution is 5.94. The molecule has 2 saturated heterocycles. The van der Waals surface area contributed by atoms with Crippen molar-refractivity contribution in [3.8, 4) is 0 Å². The normalized spacial score (nSPS) is 23.4. The van der Waals surface area contributed by atoms with Crippen LogP contribution < -0.4 is 0 Å². The summed E-state index contributed by atoms with van der Waals surface area (Å²) in [6.07, 6.45) is 3.47. The lowest BCUT2D eigenvalue weighted by Crippen LogP contribution is -2.42. The number of aryl methyl sites for hydroxylation is 2. The summed E-state index contributed by atoms with van der Waals surface area (Å²) < 4.78 is 1.78. The first-order valence-electron chi connectivity index (χ1n) is 10.3. The van der Waals surface area contributed by atoms with Gasteiger partial charge in [0.25, 0.3) is 5.91 Å². The number of hydrogen-bond acceptors (Lipinski definition) is 3. The van der Waals surface area contributed by atoms with Crippen molar-refractivity contribution in [1.29, 1.82) is 0 Å². The van der Waals surface area contributed by atoms with Crippen molar-refractivity contribution in [3.63, 3.8) is 0 Å². The number of aromatic nitrogens is 2. The Hall–Kier alpha value is -2.83. The molecular weight excluding hydrogens is 366 g/mol. The molecule has 1 aromatic carbocycles. The number of amides is 3. The Bertz CT molecular complexity index is 921. The standard InChI is InChI=1S/C22H29N5O2/c1-5-26-12-16(10-23-26)21(28)25-11-17-13-27(22(29)24(3)4)20(19(17)14-25)18-9-7-6-8-15(18)2/h6-10,12,17,19-20H,5,11,13-14H2,1-4H3/t17-,19-,20+/m1/s1. The minimum atomic E-state index is -0.00716. The molecule has 0 unspecified atom stereocenters. The molecule has 0 saturated carbocycles. The quantitative estimate of drug-likeness (QED) is 0.803. The van der Waals surface area contributed by atoms with E-state index in [1.165, 1.54) is 11.1 Å². The van der Waals surface area contributed by atoms with Crippen LogP contribution in [0.15, 0.2) is 36.7 Å². The third-order valence-electron chi connectivity index (χ3n) is 6.29. The van der Waals surface area contributed by atoms with E-state index in [2.05, 4.69) is 24.2 Å². The number of nitrogens with zero attached hydrogens (tertiary/aromatic N) is 5. The van der Waals surface area contributed by atoms with Gasteiger partial charge in [-0.3, -0.25) is 9.48 Å². The molecule has 1 aromatic heterocycles. The van der Waals surface area contributed by atoms with E-state index in [0.717, 1.165) is 6.54 Å². The lowest BCUT2D eigenvalue weighted by atomic mass is 9.88. The maximum Gasteiger partial charge on any atom is 0.320 e. The maximum absolute atomic E-state index is 13.0. The molecule has 3 heterocycles. The van der Waals surface area contributed by atoms with Gasteiger partial charge in [-0.05, 0) is 25.0 Å². The molecule has 0 radical (unpaired) electrons. The number of carbonyl (C=O) groups excluding carboxylic acids is 2. The molecule has 7 heteroatoms. The van der Waals surface area contributed by atoms with E-state index in [4.69, 9.17) is 0 Å². The number of hydrogen-bond donors (Lipinski definition) is 0. The Balaban J connectivity index is 1.61. The van der Waals surface area contributed by atoms with Crippen LogP contribution in [0.5, 0.6) is 0 Å². The molecule has 4 rings (SSSR count). The number of carbonyl (C=O) groups is 2. The molecule has 7 nitrogen and oxygen atoms in total. The fourth-order valence-electron chi connectivity index (χ4n) is 4.81. The largest absolute Gasteiger partial charge is 0.338 e. The Morgan fingerprint density at radius 3 is 2.59 bits per heavy atom. The highest BCUT2D eigenvalue weighted by Gasteiger charge is 2.50. The predicted molar refractivity (Wildman–Crippen MR) is 110 cm³/mol. The molecule has 0 aliphatic carbocycles. The Kier molecular flexibility index (Phi) is 5.06. The van der Waals surface area contributed by atoms with Crippen LogP contribution in [0.2, 0.25) is 0 Å². The number of rotatable bonds is 3. The van der Waals surface area contributed by atoms with E-state index in [9.17, 15) is 9.59 Å². The van der Waals surface area contributed by atoms with Crippen LogP contribution >= 0.6 is 0 Å². The average molecular weight is 396 g/mol. The highest BCUT2D eigenvalue weighted by atomic mass is 16.2. The van der Waals surface area contributed by atoms with Crippen LogP contribution in [0.3, 0.4) is 0 Å². The third kappa shape index (κ3) is 3.39. The van der Waals surface area contributed by atoms with Crippen LogP contribution in [0.1, 0.15) is 34.5 Å². The predicted octanol–water partition coefficient (Wildman–Crippen LogP) is 2.64. The SMILES string of the molecule is CCn1cc(C(=O)N2C[C@@H]3CN(C(=O)N(C)C)[C@@H](c4ccccc4C)[C@@H]3C2)cn1. The van der Waals surface area contributed by atoms with Gasteiger partial charge in [-0.1, -0.05) is 24.3 Å². The maximum atomic E-state index is 13.0. The van der Waals surface area contributed by atoms with Gasteiger partial charge in [-0.25, -0.2) is 4.79 Å². The first-order chi connectivity index (χ1) is 13.9. The van der Waals surface area contributed by atoms with E-state index in [-0.39, 0.29) is 29.8 Å². The molecule has 0 spiro atoms. The van der Waals surface area contributed by atoms with Gasteiger partial charge in [0, 0.05) is 58.3 Å². The molecule has 2 fully saturated rings. The van der Waals surface area contributed by atoms with Gasteiger partial charge < -0.3 is 14.7 Å². The van der Waals surface area contributed by atoms with Crippen LogP contribution in [-0.2, 0) is 6.54 Å². The summed E-state index contributed by atoms with van der Waals surface area (Å²) in [5.41, 5.74) is 3.01. The van der Waals surface area contributed by atoms with Gasteiger partial charge in [-0.15, -0.1) is 0 Å². The average Bonchev–Trinajstić information content (AvgIpc) is 3.41. The fraction of sp³-hybridized carbons (Fsp3) is 0.500. The molecule has 154 valence electrons. The van der Waals surface area contributed by atoms with E-state index in [1.807, 2.05) is 35.1 Å². The monoisotopic (exact) mass is 395 g/mol. The molecular formula is C22H29N5O2. The zero-order valence-electron chi connectivity index (χ0n) is 17.6. The highest BCUT2D eigenvalue weighted by Crippen LogP contribution is 2.46. The molecule has 2 aliphatic rings. The second kappa shape index (κ2) is 7.54. The van der Waals surface area contributed by atoms with E-state index in [1.54, 1.807) is 29.9 Å². The van der Waals surface area contributed by atoms with Crippen molar-refractivity contribution in [3.05, 3.63) is 53.3 Å². The number of likely N-dealkylation sites (tertiary alicyclic amines) is 2. The van der Waals surface area contributed by atoms with Gasteiger partial charge in [0.15, 0.2) is 0 Å². The minimum absolute atomic E-state index is 0.00716. The smallest absolute Gasteiger partial charge is 0.320 e. The van der Waals surface area contributed by atoms with E-state index < -0.39 is 0 Å². The summed E-state index contributed by atoms with van der Waals surface area (Å²) in [6, 6.07) is 8.30. The van der Waals surface area contributed by atoms with Gasteiger partial charge >= 0.3 is 6.03 Å². The molecule has 3 atom stereocenters. The third-order valence-corrected chi connectivity index (χ3v) is 6.29. The van der Waals surface area contributed by atoms with Gasteiger partial charge in [0.05, 0.1) is 17.8 Å². The van der Waals surface area contributed by atoms with Crippen molar-refractivity contribution in [2.75, 3.05) is 33.7 Å². The summed E-state index contributed by atoms with van der Waals surface area (Å²) in [4.78, 5) is 31.5. The number of fused-ring (bicyclic) bond motifs is 1. The summed E-state index contributed by atoms with van der Waals surface area (Å²) in [5, 5.41) is 4.24. The van der Waals surface area contributed by atoms with Crippen molar-refractivity contribution in [2.24, 2.45) is 11.8 Å². The summed E-state index contributed by atoms with van der Waals surface area (Å²) in [6.45, 7) is 6.87. The van der Waals surface area contributed by atoms with E-state index in [0.29, 0.717) is 25.2 Å². The van der Waals surface area contributed by atoms with Crippen molar-refractivity contribution >= 4 is 11.9 Å². The van der Waals surface area contributed by atoms with Gasteiger partial charge in [0.1, 0.15) is 0 Å². The molecule has 0 N–H and O–H groups in total. The second-order valence-corrected chi connectivity index (χ2v) is 8.35. The Morgan fingerprint density at radius 2 is 1.93 bits per heavy atom. The fourth-order valence-corrected chi connectivity index (χ4v) is 4.81. The van der Waals surface area contributed by atoms with Crippen molar-refractivity contribution in [2.45, 2.75) is 26.4 Å². The Labute approximate surface area is 171 Å². The minimum Gasteiger partial charge on any atom is -0.338 e. The summed E-state index contributed by atoms with van der Waals surface area (Å²) in [7, 11) is 3.60. The second-order valence-electron chi connectivity index (χ2n) is 8.35. The molecule has 2 aliphatic heterocycles. The van der Waals surface area contributed by atoms with Crippen LogP contribution in [-0.4, -0.2) is 70.1 Å². The molecule has 29 heavy (non-hydrogen) atoms. The zero-order valence-corrected chi connectivity index (χ0v) is 17.6. The number of benzene rings is 1. The van der Waals surface area contributed by atoms with E-state index >= 15 is 0 Å². The van der Waals surface area contributed by atoms with Crippen molar-refractivity contribution in [1.82, 2.24) is 24.5 Å². The number of urea groups is 1. The first-order valence-corrected chi connectivity index (χ1v) is 10.3. The van der Waals surface area contributed by atoms with Crippen LogP contribution in [0.4, 0.5) is 4.79 Å². The van der Waals surface area contributed by atoms with Crippen LogP contribution in [0, 0.1) is 18.8 Å². The topological polar surface area (TPSA) is 61.7 Å². The summed E-state index contributed by atoms with van der Waals surface area (Å²) >= 11 is 0. The first kappa shape index (κ1) is 19.5. The summed E-state index contributed by atoms with van der Waals surface area (Å²) in [5.74, 6) is 0.562.